The zero-order valence-corrected chi connectivity index (χ0v) is 18.9. The molecule has 2 aromatic rings. The maximum absolute atomic E-state index is 13.4. The topological polar surface area (TPSA) is 80.5 Å². The maximum Gasteiger partial charge on any atom is 0.269 e. The quantitative estimate of drug-likeness (QED) is 0.370. The lowest BCUT2D eigenvalue weighted by Gasteiger charge is -2.41. The maximum atomic E-state index is 13.4. The molecule has 8 heteroatoms. The molecule has 2 atom stereocenters. The second-order valence-corrected chi connectivity index (χ2v) is 16.3. The Bertz CT molecular complexity index is 956. The Labute approximate surface area is 173 Å². The fourth-order valence-electron chi connectivity index (χ4n) is 4.14. The molecule has 0 saturated carbocycles. The van der Waals surface area contributed by atoms with E-state index in [2.05, 4.69) is 31.8 Å². The summed E-state index contributed by atoms with van der Waals surface area (Å²) in [4.78, 5) is 10.5. The van der Waals surface area contributed by atoms with Crippen LogP contribution < -0.4 is 0 Å². The minimum absolute atomic E-state index is 0.0548. The first-order chi connectivity index (χ1) is 13.6. The fourth-order valence-corrected chi connectivity index (χ4v) is 7.72. The highest BCUT2D eigenvalue weighted by atomic mass is 32.2. The van der Waals surface area contributed by atoms with Crippen LogP contribution >= 0.6 is 0 Å². The molecule has 1 unspecified atom stereocenters. The number of piperidine rings is 1. The van der Waals surface area contributed by atoms with Crippen molar-refractivity contribution in [2.75, 3.05) is 6.54 Å². The highest BCUT2D eigenvalue weighted by Gasteiger charge is 2.39. The van der Waals surface area contributed by atoms with E-state index in [1.54, 1.807) is 4.31 Å². The standard InChI is InChI=1S/C21H28N2O4SSi/c1-29(2,3)16-20-15-18(17-7-5-4-6-8-17)13-14-22(20)28(26,27)21-11-9-19(10-12-21)23(24)25/h4-12,18,20H,13-16H2,1-3H3/t18?,20-/m0/s1. The van der Waals surface area contributed by atoms with E-state index >= 15 is 0 Å². The number of sulfonamides is 1. The number of hydrogen-bond donors (Lipinski definition) is 0. The van der Waals surface area contributed by atoms with Crippen molar-refractivity contribution in [1.82, 2.24) is 4.31 Å². The minimum Gasteiger partial charge on any atom is -0.258 e. The van der Waals surface area contributed by atoms with Gasteiger partial charge in [0.1, 0.15) is 0 Å². The smallest absolute Gasteiger partial charge is 0.258 e. The molecule has 0 amide bonds. The molecule has 0 aliphatic carbocycles. The molecule has 2 aromatic carbocycles. The van der Waals surface area contributed by atoms with Crippen molar-refractivity contribution < 1.29 is 13.3 Å². The highest BCUT2D eigenvalue weighted by molar-refractivity contribution is 7.89. The SMILES string of the molecule is C[Si](C)(C)C[C@@H]1CC(c2ccccc2)CCN1S(=O)(=O)c1ccc([N+](=O)[O-])cc1. The summed E-state index contributed by atoms with van der Waals surface area (Å²) in [5, 5.41) is 10.9. The van der Waals surface area contributed by atoms with E-state index in [1.807, 2.05) is 18.2 Å². The van der Waals surface area contributed by atoms with Crippen molar-refractivity contribution in [2.45, 2.75) is 55.4 Å². The second-order valence-electron chi connectivity index (χ2n) is 8.92. The van der Waals surface area contributed by atoms with Gasteiger partial charge in [0.2, 0.25) is 10.0 Å². The second kappa shape index (κ2) is 8.37. The van der Waals surface area contributed by atoms with Crippen LogP contribution in [0.4, 0.5) is 5.69 Å². The summed E-state index contributed by atoms with van der Waals surface area (Å²) < 4.78 is 28.4. The van der Waals surface area contributed by atoms with Crippen LogP contribution in [0.1, 0.15) is 24.3 Å². The summed E-state index contributed by atoms with van der Waals surface area (Å²) in [6.07, 6.45) is 1.58. The van der Waals surface area contributed by atoms with Crippen molar-refractivity contribution >= 4 is 23.8 Å². The monoisotopic (exact) mass is 432 g/mol. The molecule has 1 aliphatic heterocycles. The van der Waals surface area contributed by atoms with Gasteiger partial charge in [-0.05, 0) is 42.5 Å². The van der Waals surface area contributed by atoms with Crippen LogP contribution in [-0.2, 0) is 10.0 Å². The van der Waals surface area contributed by atoms with Crippen LogP contribution in [0.2, 0.25) is 25.7 Å². The average molecular weight is 433 g/mol. The van der Waals surface area contributed by atoms with E-state index in [9.17, 15) is 18.5 Å². The van der Waals surface area contributed by atoms with Crippen LogP contribution in [0.3, 0.4) is 0 Å². The third-order valence-electron chi connectivity index (χ3n) is 5.43. The number of non-ortho nitro benzene ring substituents is 1. The predicted octanol–water partition coefficient (Wildman–Crippen LogP) is 4.87. The van der Waals surface area contributed by atoms with Gasteiger partial charge in [-0.25, -0.2) is 8.42 Å². The van der Waals surface area contributed by atoms with Crippen LogP contribution in [0.5, 0.6) is 0 Å². The highest BCUT2D eigenvalue weighted by Crippen LogP contribution is 2.37. The van der Waals surface area contributed by atoms with E-state index in [0.29, 0.717) is 12.5 Å². The van der Waals surface area contributed by atoms with Crippen molar-refractivity contribution in [3.8, 4) is 0 Å². The van der Waals surface area contributed by atoms with Crippen molar-refractivity contribution in [1.29, 1.82) is 0 Å². The lowest BCUT2D eigenvalue weighted by molar-refractivity contribution is -0.384. The number of nitro benzene ring substituents is 1. The molecule has 0 aromatic heterocycles. The normalized spacial score (nSPS) is 21.1. The number of rotatable bonds is 6. The Kier molecular flexibility index (Phi) is 6.26. The fraction of sp³-hybridized carbons (Fsp3) is 0.429. The van der Waals surface area contributed by atoms with E-state index in [0.717, 1.165) is 18.9 Å². The number of hydrogen-bond acceptors (Lipinski definition) is 4. The first-order valence-corrected chi connectivity index (χ1v) is 15.0. The molecule has 29 heavy (non-hydrogen) atoms. The molecule has 156 valence electrons. The first-order valence-electron chi connectivity index (χ1n) is 9.89. The van der Waals surface area contributed by atoms with E-state index < -0.39 is 23.0 Å². The third kappa shape index (κ3) is 5.12. The Hall–Kier alpha value is -2.03. The van der Waals surface area contributed by atoms with Gasteiger partial charge >= 0.3 is 0 Å². The molecule has 1 saturated heterocycles. The Morgan fingerprint density at radius 1 is 1.07 bits per heavy atom. The summed E-state index contributed by atoms with van der Waals surface area (Å²) in [5.74, 6) is 0.348. The molecule has 0 radical (unpaired) electrons. The molecule has 0 spiro atoms. The Morgan fingerprint density at radius 3 is 2.24 bits per heavy atom. The summed E-state index contributed by atoms with van der Waals surface area (Å²) in [6.45, 7) is 7.25. The van der Waals surface area contributed by atoms with Crippen molar-refractivity contribution in [3.63, 3.8) is 0 Å². The molecule has 0 N–H and O–H groups in total. The molecule has 3 rings (SSSR count). The predicted molar refractivity (Wildman–Crippen MR) is 117 cm³/mol. The van der Waals surface area contributed by atoms with Crippen LogP contribution in [0, 0.1) is 10.1 Å². The van der Waals surface area contributed by atoms with Crippen LogP contribution in [-0.4, -0.2) is 38.3 Å². The molecule has 6 nitrogen and oxygen atoms in total. The first kappa shape index (κ1) is 21.7. The zero-order chi connectivity index (χ0) is 21.2. The molecule has 0 bridgehead atoms. The van der Waals surface area contributed by atoms with Crippen molar-refractivity contribution in [3.05, 3.63) is 70.3 Å². The Balaban J connectivity index is 1.90. The van der Waals surface area contributed by atoms with Gasteiger partial charge in [0, 0.05) is 32.8 Å². The van der Waals surface area contributed by atoms with Gasteiger partial charge in [-0.3, -0.25) is 10.1 Å². The van der Waals surface area contributed by atoms with Crippen molar-refractivity contribution in [2.24, 2.45) is 0 Å². The van der Waals surface area contributed by atoms with E-state index in [1.165, 1.54) is 29.8 Å². The van der Waals surface area contributed by atoms with E-state index in [4.69, 9.17) is 0 Å². The van der Waals surface area contributed by atoms with E-state index in [-0.39, 0.29) is 16.6 Å². The van der Waals surface area contributed by atoms with Gasteiger partial charge in [0.15, 0.2) is 0 Å². The lowest BCUT2D eigenvalue weighted by Crippen LogP contribution is -2.48. The molecule has 1 heterocycles. The van der Waals surface area contributed by atoms with Crippen LogP contribution in [0.25, 0.3) is 0 Å². The summed E-state index contributed by atoms with van der Waals surface area (Å²) in [5.41, 5.74) is 1.16. The van der Waals surface area contributed by atoms with Gasteiger partial charge in [0.05, 0.1) is 9.82 Å². The van der Waals surface area contributed by atoms with Gasteiger partial charge in [-0.15, -0.1) is 0 Å². The number of benzene rings is 2. The zero-order valence-electron chi connectivity index (χ0n) is 17.1. The number of nitrogens with zero attached hydrogens (tertiary/aromatic N) is 2. The largest absolute Gasteiger partial charge is 0.269 e. The molecular weight excluding hydrogens is 404 g/mol. The molecule has 1 aliphatic rings. The van der Waals surface area contributed by atoms with Crippen LogP contribution in [0.15, 0.2) is 59.5 Å². The summed E-state index contributed by atoms with van der Waals surface area (Å²) in [6, 6.07) is 16.4. The minimum atomic E-state index is -3.70. The Morgan fingerprint density at radius 2 is 1.69 bits per heavy atom. The van der Waals surface area contributed by atoms with Gasteiger partial charge < -0.3 is 0 Å². The molecular formula is C21H28N2O4SSi. The lowest BCUT2D eigenvalue weighted by atomic mass is 9.87. The third-order valence-corrected chi connectivity index (χ3v) is 9.10. The van der Waals surface area contributed by atoms with Gasteiger partial charge in [-0.2, -0.15) is 4.31 Å². The van der Waals surface area contributed by atoms with Gasteiger partial charge in [0.25, 0.3) is 5.69 Å². The summed E-state index contributed by atoms with van der Waals surface area (Å²) in [7, 11) is -5.21. The average Bonchev–Trinajstić information content (AvgIpc) is 2.67. The number of nitro groups is 1. The summed E-state index contributed by atoms with van der Waals surface area (Å²) >= 11 is 0. The molecule has 1 fully saturated rings. The van der Waals surface area contributed by atoms with Gasteiger partial charge in [-0.1, -0.05) is 50.0 Å².